The van der Waals surface area contributed by atoms with Crippen molar-refractivity contribution >= 4 is 50.1 Å². The Hall–Kier alpha value is -2.66. The number of aromatic nitrogens is 2. The number of benzene rings is 2. The van der Waals surface area contributed by atoms with Gasteiger partial charge in [-0.1, -0.05) is 36.0 Å². The van der Waals surface area contributed by atoms with Crippen LogP contribution >= 0.6 is 23.1 Å². The van der Waals surface area contributed by atoms with Gasteiger partial charge in [0.05, 0.1) is 17.6 Å². The molecule has 30 heavy (non-hydrogen) atoms. The summed E-state index contributed by atoms with van der Waals surface area (Å²) in [6.07, 6.45) is 0. The van der Waals surface area contributed by atoms with Gasteiger partial charge < -0.3 is 10.3 Å². The molecule has 0 saturated heterocycles. The van der Waals surface area contributed by atoms with Crippen LogP contribution in [-0.4, -0.2) is 24.3 Å². The quantitative estimate of drug-likeness (QED) is 0.366. The molecule has 0 atom stereocenters. The third-order valence-electron chi connectivity index (χ3n) is 4.30. The molecule has 2 aromatic heterocycles. The Balaban J connectivity index is 1.32. The van der Waals surface area contributed by atoms with Crippen LogP contribution in [0.5, 0.6) is 0 Å². The Morgan fingerprint density at radius 2 is 1.87 bits per heavy atom. The second kappa shape index (κ2) is 8.60. The molecule has 2 heterocycles. The zero-order valence-corrected chi connectivity index (χ0v) is 18.1. The molecule has 0 saturated carbocycles. The molecular weight excluding hydrogens is 440 g/mol. The number of aromatic amines is 1. The lowest BCUT2D eigenvalue weighted by atomic mass is 10.1. The van der Waals surface area contributed by atoms with Crippen LogP contribution < -0.4 is 10.5 Å². The van der Waals surface area contributed by atoms with Crippen LogP contribution in [0.4, 0.5) is 0 Å². The zero-order valence-electron chi connectivity index (χ0n) is 15.7. The van der Waals surface area contributed by atoms with E-state index in [0.29, 0.717) is 10.4 Å². The molecule has 154 valence electrons. The first-order valence-corrected chi connectivity index (χ1v) is 12.3. The normalized spacial score (nSPS) is 11.6. The van der Waals surface area contributed by atoms with Gasteiger partial charge >= 0.3 is 0 Å². The Morgan fingerprint density at radius 3 is 2.57 bits per heavy atom. The van der Waals surface area contributed by atoms with Crippen molar-refractivity contribution in [3.05, 3.63) is 76.7 Å². The minimum atomic E-state index is -3.71. The number of hydrogen-bond donors (Lipinski definition) is 3. The van der Waals surface area contributed by atoms with E-state index < -0.39 is 10.0 Å². The van der Waals surface area contributed by atoms with Crippen molar-refractivity contribution in [3.8, 4) is 0 Å². The predicted octanol–water partition coefficient (Wildman–Crippen LogP) is 3.49. The molecule has 0 spiro atoms. The van der Waals surface area contributed by atoms with E-state index in [9.17, 15) is 13.2 Å². The van der Waals surface area contributed by atoms with Crippen molar-refractivity contribution in [2.24, 2.45) is 5.14 Å². The second-order valence-electron chi connectivity index (χ2n) is 6.49. The molecule has 4 N–H and O–H groups in total. The summed E-state index contributed by atoms with van der Waals surface area (Å²) in [5.74, 6) is 0.504. The number of primary sulfonamides is 1. The highest BCUT2D eigenvalue weighted by molar-refractivity contribution is 7.98. The molecule has 0 unspecified atom stereocenters. The third kappa shape index (κ3) is 4.90. The Kier molecular flexibility index (Phi) is 5.91. The fourth-order valence-corrected chi connectivity index (χ4v) is 5.34. The van der Waals surface area contributed by atoms with Crippen LogP contribution in [0.2, 0.25) is 0 Å². The Morgan fingerprint density at radius 1 is 1.10 bits per heavy atom. The topological polar surface area (TPSA) is 118 Å². The number of sulfonamides is 1. The van der Waals surface area contributed by atoms with Crippen molar-refractivity contribution in [2.45, 2.75) is 21.7 Å². The van der Waals surface area contributed by atoms with E-state index in [1.807, 2.05) is 36.4 Å². The average molecular weight is 459 g/mol. The zero-order chi connectivity index (χ0) is 21.1. The lowest BCUT2D eigenvalue weighted by Crippen LogP contribution is -2.22. The van der Waals surface area contributed by atoms with Crippen LogP contribution in [0.3, 0.4) is 0 Å². The fourth-order valence-electron chi connectivity index (χ4n) is 2.78. The summed E-state index contributed by atoms with van der Waals surface area (Å²) in [7, 11) is -3.71. The Bertz CT molecular complexity index is 1260. The number of thiophene rings is 1. The number of para-hydroxylation sites is 2. The van der Waals surface area contributed by atoms with Gasteiger partial charge in [0, 0.05) is 16.2 Å². The second-order valence-corrected chi connectivity index (χ2v) is 10.4. The van der Waals surface area contributed by atoms with E-state index in [1.165, 1.54) is 6.07 Å². The van der Waals surface area contributed by atoms with Gasteiger partial charge in [0.15, 0.2) is 5.16 Å². The summed E-state index contributed by atoms with van der Waals surface area (Å²) in [5.41, 5.74) is 3.56. The number of thioether (sulfide) groups is 1. The maximum atomic E-state index is 12.3. The fraction of sp³-hybridized carbons (Fsp3) is 0.100. The number of nitrogens with two attached hydrogens (primary N) is 1. The minimum Gasteiger partial charge on any atom is -0.347 e. The molecular formula is C20H18N4O3S3. The first-order chi connectivity index (χ1) is 14.4. The highest BCUT2D eigenvalue weighted by atomic mass is 32.2. The van der Waals surface area contributed by atoms with Crippen molar-refractivity contribution in [1.82, 2.24) is 15.3 Å². The van der Waals surface area contributed by atoms with Crippen molar-refractivity contribution in [1.29, 1.82) is 0 Å². The van der Waals surface area contributed by atoms with Gasteiger partial charge in [0.25, 0.3) is 5.91 Å². The summed E-state index contributed by atoms with van der Waals surface area (Å²) in [4.78, 5) is 20.9. The predicted molar refractivity (Wildman–Crippen MR) is 119 cm³/mol. The number of nitrogens with one attached hydrogen (secondary N) is 2. The summed E-state index contributed by atoms with van der Waals surface area (Å²) >= 11 is 2.65. The first kappa shape index (κ1) is 20.6. The van der Waals surface area contributed by atoms with Gasteiger partial charge in [-0.25, -0.2) is 18.5 Å². The smallest absolute Gasteiger partial charge is 0.251 e. The van der Waals surface area contributed by atoms with Gasteiger partial charge in [-0.15, -0.1) is 11.3 Å². The maximum Gasteiger partial charge on any atom is 0.251 e. The molecule has 1 amide bonds. The maximum absolute atomic E-state index is 12.3. The van der Waals surface area contributed by atoms with E-state index in [2.05, 4.69) is 15.3 Å². The molecule has 4 aromatic rings. The van der Waals surface area contributed by atoms with Crippen LogP contribution in [0.1, 0.15) is 20.8 Å². The largest absolute Gasteiger partial charge is 0.347 e. The standard InChI is InChI=1S/C20H18N4O3S3/c21-30(26,27)18-10-9-15(29-18)11-22-19(25)14-7-5-13(6-8-14)12-28-20-23-16-3-1-2-4-17(16)24-20/h1-10H,11-12H2,(H,22,25)(H,23,24)(H2,21,26,27). The van der Waals surface area contributed by atoms with Gasteiger partial charge in [0.2, 0.25) is 10.0 Å². The van der Waals surface area contributed by atoms with Crippen molar-refractivity contribution in [2.75, 3.05) is 0 Å². The van der Waals surface area contributed by atoms with Crippen LogP contribution in [0, 0.1) is 0 Å². The van der Waals surface area contributed by atoms with Gasteiger partial charge in [0.1, 0.15) is 4.21 Å². The van der Waals surface area contributed by atoms with E-state index in [4.69, 9.17) is 5.14 Å². The molecule has 4 rings (SSSR count). The molecule has 0 aliphatic rings. The number of amides is 1. The van der Waals surface area contributed by atoms with Crippen LogP contribution in [-0.2, 0) is 22.3 Å². The summed E-state index contributed by atoms with van der Waals surface area (Å²) in [6.45, 7) is 0.239. The number of nitrogens with zero attached hydrogens (tertiary/aromatic N) is 1. The van der Waals surface area contributed by atoms with Crippen molar-refractivity contribution in [3.63, 3.8) is 0 Å². The summed E-state index contributed by atoms with van der Waals surface area (Å²) in [6, 6.07) is 18.3. The van der Waals surface area contributed by atoms with E-state index in [0.717, 1.165) is 38.8 Å². The average Bonchev–Trinajstić information content (AvgIpc) is 3.37. The molecule has 0 bridgehead atoms. The minimum absolute atomic E-state index is 0.0815. The van der Waals surface area contributed by atoms with E-state index in [-0.39, 0.29) is 16.7 Å². The lowest BCUT2D eigenvalue weighted by Gasteiger charge is -2.05. The Labute approximate surface area is 181 Å². The highest BCUT2D eigenvalue weighted by Crippen LogP contribution is 2.23. The molecule has 7 nitrogen and oxygen atoms in total. The number of imidazole rings is 1. The van der Waals surface area contributed by atoms with Crippen molar-refractivity contribution < 1.29 is 13.2 Å². The van der Waals surface area contributed by atoms with Crippen LogP contribution in [0.15, 0.2) is 70.0 Å². The number of carbonyl (C=O) groups is 1. The molecule has 2 aromatic carbocycles. The summed E-state index contributed by atoms with van der Waals surface area (Å²) in [5, 5.41) is 8.74. The van der Waals surface area contributed by atoms with Gasteiger partial charge in [-0.2, -0.15) is 0 Å². The third-order valence-corrected chi connectivity index (χ3v) is 7.77. The molecule has 0 aliphatic carbocycles. The number of hydrogen-bond acceptors (Lipinski definition) is 6. The first-order valence-electron chi connectivity index (χ1n) is 8.95. The monoisotopic (exact) mass is 458 g/mol. The molecule has 0 aliphatic heterocycles. The SMILES string of the molecule is NS(=O)(=O)c1ccc(CNC(=O)c2ccc(CSc3nc4ccccc4[nH]3)cc2)s1. The van der Waals surface area contributed by atoms with E-state index >= 15 is 0 Å². The van der Waals surface area contributed by atoms with Gasteiger partial charge in [-0.3, -0.25) is 4.79 Å². The summed E-state index contributed by atoms with van der Waals surface area (Å²) < 4.78 is 22.7. The van der Waals surface area contributed by atoms with E-state index in [1.54, 1.807) is 30.0 Å². The number of H-pyrrole nitrogens is 1. The molecule has 0 fully saturated rings. The molecule has 10 heteroatoms. The lowest BCUT2D eigenvalue weighted by molar-refractivity contribution is 0.0951. The van der Waals surface area contributed by atoms with Gasteiger partial charge in [-0.05, 0) is 42.0 Å². The highest BCUT2D eigenvalue weighted by Gasteiger charge is 2.12. The number of fused-ring (bicyclic) bond motifs is 1. The number of carbonyl (C=O) groups excluding carboxylic acids is 1. The number of rotatable bonds is 7. The molecule has 0 radical (unpaired) electrons. The van der Waals surface area contributed by atoms with Crippen LogP contribution in [0.25, 0.3) is 11.0 Å².